The van der Waals surface area contributed by atoms with E-state index in [1.165, 1.54) is 7.05 Å². The molecule has 1 saturated carbocycles. The Morgan fingerprint density at radius 2 is 2.46 bits per heavy atom. The van der Waals surface area contributed by atoms with Gasteiger partial charge in [-0.2, -0.15) is 5.10 Å². The van der Waals surface area contributed by atoms with E-state index in [4.69, 9.17) is 10.9 Å². The van der Waals surface area contributed by atoms with Crippen molar-refractivity contribution in [1.82, 2.24) is 5.32 Å². The molecule has 2 atom stereocenters. The fourth-order valence-electron chi connectivity index (χ4n) is 1.61. The van der Waals surface area contributed by atoms with Crippen LogP contribution in [0.2, 0.25) is 0 Å². The molecule has 1 aliphatic carbocycles. The summed E-state index contributed by atoms with van der Waals surface area (Å²) in [6.07, 6.45) is -0.430. The molecule has 0 saturated heterocycles. The van der Waals surface area contributed by atoms with E-state index in [0.29, 0.717) is 18.6 Å². The van der Waals surface area contributed by atoms with Gasteiger partial charge in [0, 0.05) is 0 Å². The molecule has 0 aliphatic heterocycles. The maximum absolute atomic E-state index is 10.9. The Morgan fingerprint density at radius 1 is 1.85 bits per heavy atom. The van der Waals surface area contributed by atoms with Gasteiger partial charge in [-0.3, -0.25) is 4.79 Å². The summed E-state index contributed by atoms with van der Waals surface area (Å²) < 4.78 is 0. The number of aliphatic hydroxyl groups is 1. The number of carboxylic acids is 1. The van der Waals surface area contributed by atoms with Crippen molar-refractivity contribution < 1.29 is 15.0 Å². The summed E-state index contributed by atoms with van der Waals surface area (Å²) in [5.74, 6) is 3.93. The number of nitrogens with one attached hydrogen (secondary N) is 1. The molecular weight excluding hydrogens is 174 g/mol. The average Bonchev–Trinajstić information content (AvgIpc) is 2.43. The zero-order chi connectivity index (χ0) is 10.1. The second-order valence-corrected chi connectivity index (χ2v) is 3.05. The standard InChI is InChI=1S/C7H13N3O3/c1-9-7(6(12)13)3-2-4(10-8)5(7)11/h5,9,11H,2-3,8H2,1H3,(H,12,13). The molecule has 6 heteroatoms. The Morgan fingerprint density at radius 3 is 2.69 bits per heavy atom. The zero-order valence-corrected chi connectivity index (χ0v) is 7.32. The van der Waals surface area contributed by atoms with E-state index in [-0.39, 0.29) is 0 Å². The smallest absolute Gasteiger partial charge is 0.327 e. The van der Waals surface area contributed by atoms with Crippen molar-refractivity contribution in [1.29, 1.82) is 0 Å². The average molecular weight is 187 g/mol. The van der Waals surface area contributed by atoms with Gasteiger partial charge in [-0.15, -0.1) is 0 Å². The quantitative estimate of drug-likeness (QED) is 0.311. The lowest BCUT2D eigenvalue weighted by atomic mass is 9.95. The maximum atomic E-state index is 10.9. The minimum absolute atomic E-state index is 0.302. The van der Waals surface area contributed by atoms with Crippen molar-refractivity contribution in [3.63, 3.8) is 0 Å². The second-order valence-electron chi connectivity index (χ2n) is 3.05. The van der Waals surface area contributed by atoms with Gasteiger partial charge in [0.25, 0.3) is 0 Å². The van der Waals surface area contributed by atoms with Gasteiger partial charge in [0.1, 0.15) is 11.6 Å². The van der Waals surface area contributed by atoms with Crippen molar-refractivity contribution in [2.45, 2.75) is 24.5 Å². The van der Waals surface area contributed by atoms with Gasteiger partial charge >= 0.3 is 5.97 Å². The normalized spacial score (nSPS) is 36.8. The van der Waals surface area contributed by atoms with Crippen molar-refractivity contribution in [3.05, 3.63) is 0 Å². The van der Waals surface area contributed by atoms with Crippen molar-refractivity contribution in [2.24, 2.45) is 10.9 Å². The van der Waals surface area contributed by atoms with Crippen LogP contribution in [0.1, 0.15) is 12.8 Å². The molecule has 13 heavy (non-hydrogen) atoms. The number of carboxylic acid groups (broad SMARTS) is 1. The molecular formula is C7H13N3O3. The van der Waals surface area contributed by atoms with E-state index in [1.54, 1.807) is 0 Å². The summed E-state index contributed by atoms with van der Waals surface area (Å²) in [5.41, 5.74) is -0.991. The predicted octanol–water partition coefficient (Wildman–Crippen LogP) is -1.50. The molecule has 0 radical (unpaired) electrons. The van der Waals surface area contributed by atoms with Gasteiger partial charge < -0.3 is 21.4 Å². The number of likely N-dealkylation sites (N-methyl/N-ethyl adjacent to an activating group) is 1. The zero-order valence-electron chi connectivity index (χ0n) is 7.32. The van der Waals surface area contributed by atoms with Crippen LogP contribution >= 0.6 is 0 Å². The summed E-state index contributed by atoms with van der Waals surface area (Å²) in [5, 5.41) is 24.5. The van der Waals surface area contributed by atoms with E-state index >= 15 is 0 Å². The number of aliphatic hydroxyl groups excluding tert-OH is 1. The molecule has 5 N–H and O–H groups in total. The topological polar surface area (TPSA) is 108 Å². The fourth-order valence-corrected chi connectivity index (χ4v) is 1.61. The fraction of sp³-hybridized carbons (Fsp3) is 0.714. The van der Waals surface area contributed by atoms with Gasteiger partial charge in [-0.25, -0.2) is 0 Å². The minimum Gasteiger partial charge on any atom is -0.480 e. The number of carbonyl (C=O) groups is 1. The highest BCUT2D eigenvalue weighted by Gasteiger charge is 2.51. The van der Waals surface area contributed by atoms with Crippen molar-refractivity contribution in [2.75, 3.05) is 7.05 Å². The van der Waals surface area contributed by atoms with Crippen LogP contribution in [0.15, 0.2) is 5.10 Å². The third kappa shape index (κ3) is 1.27. The van der Waals surface area contributed by atoms with Gasteiger partial charge in [-0.05, 0) is 19.9 Å². The molecule has 74 valence electrons. The van der Waals surface area contributed by atoms with Crippen LogP contribution in [0.25, 0.3) is 0 Å². The van der Waals surface area contributed by atoms with Gasteiger partial charge in [0.05, 0.1) is 5.71 Å². The number of nitrogens with two attached hydrogens (primary N) is 1. The maximum Gasteiger partial charge on any atom is 0.327 e. The van der Waals surface area contributed by atoms with Crippen molar-refractivity contribution in [3.8, 4) is 0 Å². The highest BCUT2D eigenvalue weighted by molar-refractivity contribution is 5.99. The molecule has 6 nitrogen and oxygen atoms in total. The van der Waals surface area contributed by atoms with Crippen LogP contribution < -0.4 is 11.2 Å². The van der Waals surface area contributed by atoms with Crippen molar-refractivity contribution >= 4 is 11.7 Å². The van der Waals surface area contributed by atoms with Crippen LogP contribution in [0, 0.1) is 0 Å². The number of hydrogen-bond donors (Lipinski definition) is 4. The highest BCUT2D eigenvalue weighted by Crippen LogP contribution is 2.28. The Bertz CT molecular complexity index is 253. The molecule has 0 amide bonds. The molecule has 1 fully saturated rings. The SMILES string of the molecule is CNC1(C(=O)O)CCC(=NN)C1O. The molecule has 2 unspecified atom stereocenters. The summed E-state index contributed by atoms with van der Waals surface area (Å²) in [6.45, 7) is 0. The van der Waals surface area contributed by atoms with E-state index in [9.17, 15) is 9.90 Å². The lowest BCUT2D eigenvalue weighted by Crippen LogP contribution is -2.57. The predicted molar refractivity (Wildman–Crippen MR) is 46.3 cm³/mol. The Kier molecular flexibility index (Phi) is 2.53. The van der Waals surface area contributed by atoms with Crippen LogP contribution in [0.3, 0.4) is 0 Å². The number of rotatable bonds is 2. The van der Waals surface area contributed by atoms with E-state index < -0.39 is 17.6 Å². The third-order valence-corrected chi connectivity index (χ3v) is 2.55. The molecule has 0 aromatic heterocycles. The molecule has 0 spiro atoms. The largest absolute Gasteiger partial charge is 0.480 e. The lowest BCUT2D eigenvalue weighted by Gasteiger charge is -2.26. The minimum atomic E-state index is -1.32. The molecule has 1 aliphatic rings. The number of aliphatic carboxylic acids is 1. The molecule has 0 bridgehead atoms. The summed E-state index contributed by atoms with van der Waals surface area (Å²) in [7, 11) is 1.50. The first-order valence-corrected chi connectivity index (χ1v) is 3.95. The monoisotopic (exact) mass is 187 g/mol. The Balaban J connectivity index is 2.99. The second kappa shape index (κ2) is 3.31. The third-order valence-electron chi connectivity index (χ3n) is 2.55. The molecule has 1 rings (SSSR count). The van der Waals surface area contributed by atoms with Crippen LogP contribution in [0.5, 0.6) is 0 Å². The molecule has 0 heterocycles. The first-order chi connectivity index (χ1) is 6.08. The first kappa shape index (κ1) is 9.94. The highest BCUT2D eigenvalue weighted by atomic mass is 16.4. The summed E-state index contributed by atoms with van der Waals surface area (Å²) in [6, 6.07) is 0. The van der Waals surface area contributed by atoms with Gasteiger partial charge in [0.15, 0.2) is 0 Å². The number of hydrazone groups is 1. The Labute approximate surface area is 75.4 Å². The van der Waals surface area contributed by atoms with E-state index in [1.807, 2.05) is 0 Å². The van der Waals surface area contributed by atoms with Gasteiger partial charge in [0.2, 0.25) is 0 Å². The van der Waals surface area contributed by atoms with Crippen LogP contribution in [-0.2, 0) is 4.79 Å². The van der Waals surface area contributed by atoms with Crippen LogP contribution in [0.4, 0.5) is 0 Å². The first-order valence-electron chi connectivity index (χ1n) is 3.95. The number of hydrogen-bond acceptors (Lipinski definition) is 5. The van der Waals surface area contributed by atoms with E-state index in [2.05, 4.69) is 10.4 Å². The lowest BCUT2D eigenvalue weighted by molar-refractivity contribution is -0.147. The summed E-state index contributed by atoms with van der Waals surface area (Å²) >= 11 is 0. The molecule has 0 aromatic carbocycles. The Hall–Kier alpha value is -1.14. The van der Waals surface area contributed by atoms with Gasteiger partial charge in [-0.1, -0.05) is 0 Å². The summed E-state index contributed by atoms with van der Waals surface area (Å²) in [4.78, 5) is 10.9. The number of nitrogens with zero attached hydrogens (tertiary/aromatic N) is 1. The molecule has 0 aromatic rings. The van der Waals surface area contributed by atoms with Crippen LogP contribution in [-0.4, -0.2) is 40.6 Å². The van der Waals surface area contributed by atoms with E-state index in [0.717, 1.165) is 0 Å².